The van der Waals surface area contributed by atoms with Gasteiger partial charge in [0.15, 0.2) is 0 Å². The van der Waals surface area contributed by atoms with Crippen LogP contribution >= 0.6 is 11.6 Å². The van der Waals surface area contributed by atoms with Crippen LogP contribution in [0.1, 0.15) is 24.0 Å². The molecule has 0 aliphatic carbocycles. The third-order valence-corrected chi connectivity index (χ3v) is 4.98. The molecule has 2 aromatic carbocycles. The molecule has 1 aliphatic rings. The summed E-state index contributed by atoms with van der Waals surface area (Å²) in [6.07, 6.45) is 1.90. The van der Waals surface area contributed by atoms with Crippen molar-refractivity contribution in [2.24, 2.45) is 5.92 Å². The summed E-state index contributed by atoms with van der Waals surface area (Å²) < 4.78 is 12.9. The average molecular weight is 361 g/mol. The van der Waals surface area contributed by atoms with Crippen molar-refractivity contribution in [3.63, 3.8) is 0 Å². The van der Waals surface area contributed by atoms with E-state index >= 15 is 0 Å². The Kier molecular flexibility index (Phi) is 6.05. The van der Waals surface area contributed by atoms with Gasteiger partial charge in [-0.3, -0.25) is 9.69 Å². The molecule has 1 aliphatic heterocycles. The summed E-state index contributed by atoms with van der Waals surface area (Å²) in [5.74, 6) is -0.220. The lowest BCUT2D eigenvalue weighted by atomic mass is 9.96. The topological polar surface area (TPSA) is 32.3 Å². The van der Waals surface area contributed by atoms with Gasteiger partial charge in [-0.05, 0) is 48.7 Å². The molecule has 0 unspecified atom stereocenters. The molecule has 0 aromatic heterocycles. The molecule has 0 spiro atoms. The molecule has 1 fully saturated rings. The van der Waals surface area contributed by atoms with Crippen molar-refractivity contribution in [1.29, 1.82) is 0 Å². The lowest BCUT2D eigenvalue weighted by molar-refractivity contribution is -0.126. The van der Waals surface area contributed by atoms with Crippen LogP contribution in [0.3, 0.4) is 0 Å². The molecular weight excluding hydrogens is 339 g/mol. The van der Waals surface area contributed by atoms with E-state index in [2.05, 4.69) is 10.2 Å². The highest BCUT2D eigenvalue weighted by Crippen LogP contribution is 2.22. The average Bonchev–Trinajstić information content (AvgIpc) is 2.63. The molecule has 5 heteroatoms. The van der Waals surface area contributed by atoms with Gasteiger partial charge in [0.1, 0.15) is 5.82 Å². The zero-order valence-corrected chi connectivity index (χ0v) is 14.8. The molecule has 1 heterocycles. The largest absolute Gasteiger partial charge is 0.352 e. The Morgan fingerprint density at radius 1 is 1.20 bits per heavy atom. The number of carbonyl (C=O) groups is 1. The summed E-state index contributed by atoms with van der Waals surface area (Å²) in [4.78, 5) is 14.7. The Balaban J connectivity index is 1.52. The van der Waals surface area contributed by atoms with Crippen LogP contribution in [0.15, 0.2) is 48.5 Å². The summed E-state index contributed by atoms with van der Waals surface area (Å²) >= 11 is 6.24. The minimum atomic E-state index is -0.266. The third kappa shape index (κ3) is 5.03. The normalized spacial score (nSPS) is 18.1. The number of hydrogen-bond acceptors (Lipinski definition) is 2. The van der Waals surface area contributed by atoms with Crippen molar-refractivity contribution in [3.05, 3.63) is 70.5 Å². The summed E-state index contributed by atoms with van der Waals surface area (Å²) in [6, 6.07) is 14.0. The van der Waals surface area contributed by atoms with E-state index in [0.29, 0.717) is 6.54 Å². The molecule has 25 heavy (non-hydrogen) atoms. The van der Waals surface area contributed by atoms with E-state index in [1.54, 1.807) is 12.1 Å². The number of nitrogens with one attached hydrogen (secondary N) is 1. The third-order valence-electron chi connectivity index (χ3n) is 4.61. The van der Waals surface area contributed by atoms with Crippen LogP contribution in [-0.2, 0) is 17.9 Å². The van der Waals surface area contributed by atoms with Crippen molar-refractivity contribution in [2.45, 2.75) is 25.9 Å². The predicted molar refractivity (Wildman–Crippen MR) is 97.7 cm³/mol. The van der Waals surface area contributed by atoms with E-state index in [1.807, 2.05) is 24.3 Å². The molecule has 1 saturated heterocycles. The first-order valence-electron chi connectivity index (χ1n) is 8.60. The van der Waals surface area contributed by atoms with Gasteiger partial charge in [-0.1, -0.05) is 41.9 Å². The first-order valence-corrected chi connectivity index (χ1v) is 8.97. The number of nitrogens with zero attached hydrogens (tertiary/aromatic N) is 1. The zero-order chi connectivity index (χ0) is 17.6. The van der Waals surface area contributed by atoms with E-state index < -0.39 is 0 Å². The van der Waals surface area contributed by atoms with Crippen LogP contribution < -0.4 is 5.32 Å². The summed E-state index contributed by atoms with van der Waals surface area (Å²) in [7, 11) is 0. The monoisotopic (exact) mass is 360 g/mol. The predicted octanol–water partition coefficient (Wildman–Crippen LogP) is 4.01. The van der Waals surface area contributed by atoms with Crippen LogP contribution in [0, 0.1) is 11.7 Å². The number of rotatable bonds is 5. The SMILES string of the molecule is O=C(NCc1ccc(F)cc1)[C@@H]1CCCN(Cc2ccccc2Cl)C1. The van der Waals surface area contributed by atoms with Gasteiger partial charge in [0.25, 0.3) is 0 Å². The molecule has 0 bridgehead atoms. The maximum absolute atomic E-state index is 12.9. The number of piperidine rings is 1. The van der Waals surface area contributed by atoms with Crippen LogP contribution in [-0.4, -0.2) is 23.9 Å². The second-order valence-electron chi connectivity index (χ2n) is 6.51. The highest BCUT2D eigenvalue weighted by molar-refractivity contribution is 6.31. The molecule has 0 radical (unpaired) electrons. The number of halogens is 2. The second-order valence-corrected chi connectivity index (χ2v) is 6.92. The molecule has 132 valence electrons. The number of benzene rings is 2. The van der Waals surface area contributed by atoms with Crippen molar-refractivity contribution >= 4 is 17.5 Å². The highest BCUT2D eigenvalue weighted by atomic mass is 35.5. The summed E-state index contributed by atoms with van der Waals surface area (Å²) in [6.45, 7) is 2.91. The van der Waals surface area contributed by atoms with E-state index in [0.717, 1.165) is 48.6 Å². The molecule has 2 aromatic rings. The van der Waals surface area contributed by atoms with Crippen LogP contribution in [0.2, 0.25) is 5.02 Å². The Morgan fingerprint density at radius 2 is 1.96 bits per heavy atom. The van der Waals surface area contributed by atoms with Crippen LogP contribution in [0.25, 0.3) is 0 Å². The van der Waals surface area contributed by atoms with Crippen LogP contribution in [0.4, 0.5) is 4.39 Å². The van der Waals surface area contributed by atoms with E-state index in [9.17, 15) is 9.18 Å². The number of hydrogen-bond donors (Lipinski definition) is 1. The fourth-order valence-corrected chi connectivity index (χ4v) is 3.41. The minimum Gasteiger partial charge on any atom is -0.352 e. The van der Waals surface area contributed by atoms with Crippen molar-refractivity contribution in [3.8, 4) is 0 Å². The molecule has 3 rings (SSSR count). The smallest absolute Gasteiger partial charge is 0.224 e. The van der Waals surface area contributed by atoms with Gasteiger partial charge in [-0.25, -0.2) is 4.39 Å². The number of amides is 1. The minimum absolute atomic E-state index is 0.0170. The van der Waals surface area contributed by atoms with Gasteiger partial charge < -0.3 is 5.32 Å². The van der Waals surface area contributed by atoms with Gasteiger partial charge in [0, 0.05) is 24.7 Å². The summed E-state index contributed by atoms with van der Waals surface area (Å²) in [5, 5.41) is 3.74. The highest BCUT2D eigenvalue weighted by Gasteiger charge is 2.25. The molecule has 1 N–H and O–H groups in total. The number of likely N-dealkylation sites (tertiary alicyclic amines) is 1. The van der Waals surface area contributed by atoms with Gasteiger partial charge >= 0.3 is 0 Å². The molecule has 1 atom stereocenters. The fourth-order valence-electron chi connectivity index (χ4n) is 3.22. The van der Waals surface area contributed by atoms with Gasteiger partial charge in [-0.15, -0.1) is 0 Å². The van der Waals surface area contributed by atoms with Crippen molar-refractivity contribution in [1.82, 2.24) is 10.2 Å². The molecule has 0 saturated carbocycles. The molecule has 1 amide bonds. The lowest BCUT2D eigenvalue weighted by Gasteiger charge is -2.32. The first-order chi connectivity index (χ1) is 12.1. The first kappa shape index (κ1) is 17.9. The lowest BCUT2D eigenvalue weighted by Crippen LogP contribution is -2.42. The molecule has 3 nitrogen and oxygen atoms in total. The van der Waals surface area contributed by atoms with E-state index in [-0.39, 0.29) is 17.6 Å². The zero-order valence-electron chi connectivity index (χ0n) is 14.1. The van der Waals surface area contributed by atoms with E-state index in [4.69, 9.17) is 11.6 Å². The quantitative estimate of drug-likeness (QED) is 0.873. The van der Waals surface area contributed by atoms with E-state index in [1.165, 1.54) is 12.1 Å². The second kappa shape index (κ2) is 8.45. The fraction of sp³-hybridized carbons (Fsp3) is 0.350. The summed E-state index contributed by atoms with van der Waals surface area (Å²) in [5.41, 5.74) is 2.00. The maximum Gasteiger partial charge on any atom is 0.224 e. The van der Waals surface area contributed by atoms with Gasteiger partial charge in [-0.2, -0.15) is 0 Å². The maximum atomic E-state index is 12.9. The van der Waals surface area contributed by atoms with Crippen molar-refractivity contribution in [2.75, 3.05) is 13.1 Å². The Labute approximate surface area is 152 Å². The number of carbonyl (C=O) groups excluding carboxylic acids is 1. The Hall–Kier alpha value is -1.91. The Bertz CT molecular complexity index is 720. The Morgan fingerprint density at radius 3 is 2.72 bits per heavy atom. The standard InChI is InChI=1S/C20H22ClFN2O/c21-19-6-2-1-4-16(19)13-24-11-3-5-17(14-24)20(25)23-12-15-7-9-18(22)10-8-15/h1-2,4,6-10,17H,3,5,11-14H2,(H,23,25)/t17-/m1/s1. The van der Waals surface area contributed by atoms with Crippen LogP contribution in [0.5, 0.6) is 0 Å². The van der Waals surface area contributed by atoms with Crippen molar-refractivity contribution < 1.29 is 9.18 Å². The molecular formula is C20H22ClFN2O. The van der Waals surface area contributed by atoms with Gasteiger partial charge in [0.2, 0.25) is 5.91 Å². The van der Waals surface area contributed by atoms with Gasteiger partial charge in [0.05, 0.1) is 5.92 Å².